The maximum absolute atomic E-state index is 11.1. The summed E-state index contributed by atoms with van der Waals surface area (Å²) in [5, 5.41) is 0.433. The first-order valence-corrected chi connectivity index (χ1v) is 4.71. The van der Waals surface area contributed by atoms with E-state index in [0.29, 0.717) is 11.6 Å². The molecule has 0 radical (unpaired) electrons. The van der Waals surface area contributed by atoms with Gasteiger partial charge in [0, 0.05) is 17.5 Å². The average molecular weight is 213 g/mol. The van der Waals surface area contributed by atoms with Gasteiger partial charge in [0.2, 0.25) is 5.91 Å². The lowest BCUT2D eigenvalue weighted by atomic mass is 9.87. The van der Waals surface area contributed by atoms with Crippen LogP contribution in [-0.2, 0) is 11.2 Å². The molecule has 1 aromatic heterocycles. The van der Waals surface area contributed by atoms with Crippen molar-refractivity contribution < 1.29 is 4.79 Å². The minimum Gasteiger partial charge on any atom is -0.369 e. The van der Waals surface area contributed by atoms with E-state index in [-0.39, 0.29) is 5.91 Å². The minimum absolute atomic E-state index is 0.334. The zero-order valence-corrected chi connectivity index (χ0v) is 9.01. The highest BCUT2D eigenvalue weighted by molar-refractivity contribution is 6.29. The topological polar surface area (TPSA) is 56.0 Å². The molecular formula is C10H13ClN2O. The van der Waals surface area contributed by atoms with E-state index >= 15 is 0 Å². The Morgan fingerprint density at radius 1 is 1.57 bits per heavy atom. The second-order valence-corrected chi connectivity index (χ2v) is 4.26. The van der Waals surface area contributed by atoms with E-state index < -0.39 is 5.41 Å². The second-order valence-electron chi connectivity index (χ2n) is 3.88. The monoisotopic (exact) mass is 212 g/mol. The largest absolute Gasteiger partial charge is 0.369 e. The third-order valence-corrected chi connectivity index (χ3v) is 2.27. The Balaban J connectivity index is 2.83. The number of rotatable bonds is 3. The zero-order valence-electron chi connectivity index (χ0n) is 8.25. The summed E-state index contributed by atoms with van der Waals surface area (Å²) >= 11 is 5.73. The van der Waals surface area contributed by atoms with Gasteiger partial charge in [-0.1, -0.05) is 31.5 Å². The molecule has 1 amide bonds. The van der Waals surface area contributed by atoms with Crippen LogP contribution in [-0.4, -0.2) is 10.9 Å². The molecule has 2 N–H and O–H groups in total. The van der Waals surface area contributed by atoms with Crippen LogP contribution in [0.2, 0.25) is 5.15 Å². The molecule has 1 rings (SSSR count). The number of hydrogen-bond acceptors (Lipinski definition) is 2. The van der Waals surface area contributed by atoms with Crippen molar-refractivity contribution in [2.75, 3.05) is 0 Å². The molecule has 0 aromatic carbocycles. The third-order valence-electron chi connectivity index (χ3n) is 2.06. The van der Waals surface area contributed by atoms with Crippen LogP contribution < -0.4 is 5.73 Å². The number of aromatic nitrogens is 1. The highest BCUT2D eigenvalue weighted by Gasteiger charge is 2.25. The van der Waals surface area contributed by atoms with Crippen molar-refractivity contribution in [1.29, 1.82) is 0 Å². The van der Waals surface area contributed by atoms with Crippen LogP contribution in [0.4, 0.5) is 0 Å². The number of hydrogen-bond donors (Lipinski definition) is 1. The van der Waals surface area contributed by atoms with E-state index in [2.05, 4.69) is 4.98 Å². The van der Waals surface area contributed by atoms with Crippen molar-refractivity contribution in [1.82, 2.24) is 4.98 Å². The molecule has 0 aliphatic rings. The Bertz CT molecular complexity index is 350. The number of pyridine rings is 1. The van der Waals surface area contributed by atoms with Crippen molar-refractivity contribution in [2.24, 2.45) is 11.1 Å². The Morgan fingerprint density at radius 2 is 2.21 bits per heavy atom. The van der Waals surface area contributed by atoms with Crippen molar-refractivity contribution in [2.45, 2.75) is 20.3 Å². The first-order valence-electron chi connectivity index (χ1n) is 4.33. The maximum atomic E-state index is 11.1. The molecule has 0 fully saturated rings. The smallest absolute Gasteiger partial charge is 0.223 e. The summed E-state index contributed by atoms with van der Waals surface area (Å²) in [6, 6.07) is 5.33. The molecule has 0 saturated carbocycles. The minimum atomic E-state index is -0.586. The van der Waals surface area contributed by atoms with E-state index in [1.165, 1.54) is 0 Å². The van der Waals surface area contributed by atoms with Gasteiger partial charge < -0.3 is 5.73 Å². The summed E-state index contributed by atoms with van der Waals surface area (Å²) in [6.45, 7) is 3.58. The summed E-state index contributed by atoms with van der Waals surface area (Å²) in [6.07, 6.45) is 0.503. The second kappa shape index (κ2) is 3.96. The van der Waals surface area contributed by atoms with Crippen LogP contribution in [0.25, 0.3) is 0 Å². The van der Waals surface area contributed by atoms with Crippen LogP contribution in [0.5, 0.6) is 0 Å². The van der Waals surface area contributed by atoms with Crippen LogP contribution in [0, 0.1) is 5.41 Å². The fourth-order valence-corrected chi connectivity index (χ4v) is 1.27. The fourth-order valence-electron chi connectivity index (χ4n) is 1.09. The van der Waals surface area contributed by atoms with Gasteiger partial charge in [-0.25, -0.2) is 4.98 Å². The maximum Gasteiger partial charge on any atom is 0.223 e. The molecule has 0 bridgehead atoms. The lowest BCUT2D eigenvalue weighted by Gasteiger charge is -2.19. The summed E-state index contributed by atoms with van der Waals surface area (Å²) in [5.74, 6) is -0.334. The number of nitrogens with two attached hydrogens (primary N) is 1. The molecule has 0 unspecified atom stereocenters. The molecule has 0 atom stereocenters. The van der Waals surface area contributed by atoms with Crippen molar-refractivity contribution in [3.63, 3.8) is 0 Å². The molecular weight excluding hydrogens is 200 g/mol. The number of halogens is 1. The van der Waals surface area contributed by atoms with E-state index in [4.69, 9.17) is 17.3 Å². The van der Waals surface area contributed by atoms with Gasteiger partial charge in [-0.05, 0) is 12.1 Å². The molecule has 0 aliphatic carbocycles. The van der Waals surface area contributed by atoms with Gasteiger partial charge in [0.15, 0.2) is 0 Å². The van der Waals surface area contributed by atoms with E-state index in [9.17, 15) is 4.79 Å². The van der Waals surface area contributed by atoms with Gasteiger partial charge >= 0.3 is 0 Å². The van der Waals surface area contributed by atoms with Crippen molar-refractivity contribution >= 4 is 17.5 Å². The summed E-state index contributed by atoms with van der Waals surface area (Å²) in [7, 11) is 0. The van der Waals surface area contributed by atoms with Gasteiger partial charge in [0.1, 0.15) is 5.15 Å². The first kappa shape index (κ1) is 11.0. The molecule has 4 heteroatoms. The Kier molecular flexibility index (Phi) is 3.11. The molecule has 76 valence electrons. The molecule has 0 spiro atoms. The van der Waals surface area contributed by atoms with Crippen LogP contribution in [0.3, 0.4) is 0 Å². The van der Waals surface area contributed by atoms with Gasteiger partial charge in [-0.15, -0.1) is 0 Å². The quantitative estimate of drug-likeness (QED) is 0.777. The van der Waals surface area contributed by atoms with Gasteiger partial charge in [-0.2, -0.15) is 0 Å². The lowest BCUT2D eigenvalue weighted by Crippen LogP contribution is -2.33. The zero-order chi connectivity index (χ0) is 10.8. The summed E-state index contributed by atoms with van der Waals surface area (Å²) in [4.78, 5) is 15.2. The van der Waals surface area contributed by atoms with E-state index in [1.807, 2.05) is 12.1 Å². The number of primary amides is 1. The van der Waals surface area contributed by atoms with Crippen LogP contribution in [0.1, 0.15) is 19.5 Å². The number of carbonyl (C=O) groups is 1. The highest BCUT2D eigenvalue weighted by atomic mass is 35.5. The van der Waals surface area contributed by atoms with E-state index in [1.54, 1.807) is 19.9 Å². The Hall–Kier alpha value is -1.09. The van der Waals surface area contributed by atoms with Crippen molar-refractivity contribution in [3.05, 3.63) is 29.0 Å². The van der Waals surface area contributed by atoms with Crippen molar-refractivity contribution in [3.8, 4) is 0 Å². The fraction of sp³-hybridized carbons (Fsp3) is 0.400. The number of amides is 1. The average Bonchev–Trinajstić information content (AvgIpc) is 2.02. The van der Waals surface area contributed by atoms with Crippen LogP contribution in [0.15, 0.2) is 18.2 Å². The summed E-state index contributed by atoms with van der Waals surface area (Å²) < 4.78 is 0. The molecule has 0 saturated heterocycles. The van der Waals surface area contributed by atoms with Gasteiger partial charge in [0.05, 0.1) is 0 Å². The molecule has 1 heterocycles. The lowest BCUT2D eigenvalue weighted by molar-refractivity contribution is -0.125. The number of carbonyl (C=O) groups excluding carboxylic acids is 1. The van der Waals surface area contributed by atoms with Gasteiger partial charge in [0.25, 0.3) is 0 Å². The van der Waals surface area contributed by atoms with Gasteiger partial charge in [-0.3, -0.25) is 4.79 Å². The summed E-state index contributed by atoms with van der Waals surface area (Å²) in [5.41, 5.74) is 5.45. The standard InChI is InChI=1S/C10H13ClN2O/c1-10(2,9(12)14)6-7-4-3-5-8(11)13-7/h3-5H,6H2,1-2H3,(H2,12,14). The third kappa shape index (κ3) is 2.70. The molecule has 3 nitrogen and oxygen atoms in total. The molecule has 1 aromatic rings. The van der Waals surface area contributed by atoms with Crippen LogP contribution >= 0.6 is 11.6 Å². The molecule has 0 aliphatic heterocycles. The Labute approximate surface area is 88.3 Å². The molecule has 14 heavy (non-hydrogen) atoms. The van der Waals surface area contributed by atoms with E-state index in [0.717, 1.165) is 5.69 Å². The predicted octanol–water partition coefficient (Wildman–Crippen LogP) is 1.79. The highest BCUT2D eigenvalue weighted by Crippen LogP contribution is 2.20. The SMILES string of the molecule is CC(C)(Cc1cccc(Cl)n1)C(N)=O. The number of nitrogens with zero attached hydrogens (tertiary/aromatic N) is 1. The predicted molar refractivity (Wildman–Crippen MR) is 55.9 cm³/mol. The Morgan fingerprint density at radius 3 is 2.71 bits per heavy atom. The normalized spacial score (nSPS) is 11.4. The first-order chi connectivity index (χ1) is 6.42.